The highest BCUT2D eigenvalue weighted by Crippen LogP contribution is 2.27. The molecule has 1 aromatic carbocycles. The summed E-state index contributed by atoms with van der Waals surface area (Å²) < 4.78 is 1.06. The van der Waals surface area contributed by atoms with Crippen molar-refractivity contribution < 1.29 is 4.79 Å². The third-order valence-electron chi connectivity index (χ3n) is 3.20. The summed E-state index contributed by atoms with van der Waals surface area (Å²) in [5.74, 6) is 0.472. The van der Waals surface area contributed by atoms with E-state index in [1.165, 1.54) is 6.42 Å². The van der Waals surface area contributed by atoms with E-state index in [0.29, 0.717) is 0 Å². The Morgan fingerprint density at radius 3 is 2.50 bits per heavy atom. The molecule has 3 heteroatoms. The van der Waals surface area contributed by atoms with E-state index in [9.17, 15) is 4.79 Å². The Morgan fingerprint density at radius 1 is 1.38 bits per heavy atom. The van der Waals surface area contributed by atoms with Crippen LogP contribution in [0.2, 0.25) is 0 Å². The predicted molar refractivity (Wildman–Crippen MR) is 68.0 cm³/mol. The minimum Gasteiger partial charge on any atom is -0.349 e. The normalized spacial score (nSPS) is 17.6. The number of hydrogen-bond donors (Lipinski definition) is 1. The molecule has 16 heavy (non-hydrogen) atoms. The van der Waals surface area contributed by atoms with Crippen molar-refractivity contribution in [2.24, 2.45) is 5.92 Å². The number of hydrogen-bond acceptors (Lipinski definition) is 1. The zero-order valence-electron chi connectivity index (χ0n) is 9.37. The van der Waals surface area contributed by atoms with Crippen molar-refractivity contribution in [3.63, 3.8) is 0 Å². The summed E-state index contributed by atoms with van der Waals surface area (Å²) in [6, 6.07) is 8.18. The number of nitrogens with one attached hydrogen (secondary N) is 1. The summed E-state index contributed by atoms with van der Waals surface area (Å²) >= 11 is 3.40. The van der Waals surface area contributed by atoms with Gasteiger partial charge in [0.25, 0.3) is 0 Å². The van der Waals surface area contributed by atoms with E-state index < -0.39 is 0 Å². The molecule has 1 fully saturated rings. The van der Waals surface area contributed by atoms with Gasteiger partial charge in [0.15, 0.2) is 0 Å². The number of carbonyl (C=O) groups is 1. The number of amides is 1. The maximum absolute atomic E-state index is 11.8. The molecule has 1 aliphatic carbocycles. The maximum Gasteiger partial charge on any atom is 0.223 e. The average molecular weight is 282 g/mol. The highest BCUT2D eigenvalue weighted by Gasteiger charge is 2.26. The molecule has 1 atom stereocenters. The fourth-order valence-electron chi connectivity index (χ4n) is 1.84. The third kappa shape index (κ3) is 2.64. The second-order valence-corrected chi connectivity index (χ2v) is 5.33. The first-order valence-electron chi connectivity index (χ1n) is 5.72. The van der Waals surface area contributed by atoms with Gasteiger partial charge in [0.05, 0.1) is 6.04 Å². The van der Waals surface area contributed by atoms with Crippen molar-refractivity contribution in [1.82, 2.24) is 5.32 Å². The lowest BCUT2D eigenvalue weighted by molar-refractivity contribution is -0.128. The average Bonchev–Trinajstić information content (AvgIpc) is 2.15. The van der Waals surface area contributed by atoms with E-state index in [-0.39, 0.29) is 17.9 Å². The molecule has 1 aliphatic rings. The minimum atomic E-state index is 0.0983. The van der Waals surface area contributed by atoms with Crippen LogP contribution >= 0.6 is 15.9 Å². The molecule has 86 valence electrons. The lowest BCUT2D eigenvalue weighted by Gasteiger charge is -2.26. The molecule has 1 N–H and O–H groups in total. The van der Waals surface area contributed by atoms with Crippen LogP contribution in [-0.4, -0.2) is 5.91 Å². The van der Waals surface area contributed by atoms with Crippen LogP contribution in [0.4, 0.5) is 0 Å². The number of carbonyl (C=O) groups excluding carboxylic acids is 1. The fourth-order valence-corrected chi connectivity index (χ4v) is 2.10. The van der Waals surface area contributed by atoms with Crippen molar-refractivity contribution in [2.45, 2.75) is 32.2 Å². The van der Waals surface area contributed by atoms with Gasteiger partial charge in [-0.25, -0.2) is 0 Å². The number of halogens is 1. The molecule has 0 unspecified atom stereocenters. The molecule has 0 aromatic heterocycles. The molecule has 2 rings (SSSR count). The first-order valence-corrected chi connectivity index (χ1v) is 6.52. The van der Waals surface area contributed by atoms with Crippen molar-refractivity contribution >= 4 is 21.8 Å². The predicted octanol–water partition coefficient (Wildman–Crippen LogP) is 3.43. The fraction of sp³-hybridized carbons (Fsp3) is 0.462. The number of rotatable bonds is 3. The van der Waals surface area contributed by atoms with Gasteiger partial charge in [-0.2, -0.15) is 0 Å². The van der Waals surface area contributed by atoms with Gasteiger partial charge >= 0.3 is 0 Å². The molecule has 0 aliphatic heterocycles. The van der Waals surface area contributed by atoms with Crippen LogP contribution < -0.4 is 5.32 Å². The summed E-state index contributed by atoms with van der Waals surface area (Å²) in [7, 11) is 0. The molecule has 0 spiro atoms. The first-order chi connectivity index (χ1) is 7.66. The van der Waals surface area contributed by atoms with Crippen molar-refractivity contribution in [3.05, 3.63) is 34.3 Å². The molecule has 0 heterocycles. The van der Waals surface area contributed by atoms with Crippen molar-refractivity contribution in [2.75, 3.05) is 0 Å². The lowest BCUT2D eigenvalue weighted by Crippen LogP contribution is -2.35. The van der Waals surface area contributed by atoms with Gasteiger partial charge in [-0.3, -0.25) is 4.79 Å². The van der Waals surface area contributed by atoms with E-state index in [0.717, 1.165) is 22.9 Å². The number of benzene rings is 1. The van der Waals surface area contributed by atoms with E-state index in [2.05, 4.69) is 21.2 Å². The Kier molecular flexibility index (Phi) is 3.64. The first kappa shape index (κ1) is 11.6. The Hall–Kier alpha value is -0.830. The monoisotopic (exact) mass is 281 g/mol. The van der Waals surface area contributed by atoms with Crippen molar-refractivity contribution in [1.29, 1.82) is 0 Å². The third-order valence-corrected chi connectivity index (χ3v) is 3.73. The van der Waals surface area contributed by atoms with Crippen molar-refractivity contribution in [3.8, 4) is 0 Å². The van der Waals surface area contributed by atoms with Crippen LogP contribution in [0.15, 0.2) is 28.7 Å². The van der Waals surface area contributed by atoms with Crippen LogP contribution in [0.3, 0.4) is 0 Å². The van der Waals surface area contributed by atoms with Gasteiger partial charge in [0.2, 0.25) is 5.91 Å². The smallest absolute Gasteiger partial charge is 0.223 e. The molecular weight excluding hydrogens is 266 g/mol. The molecule has 1 amide bonds. The highest BCUT2D eigenvalue weighted by atomic mass is 79.9. The summed E-state index contributed by atoms with van der Waals surface area (Å²) in [4.78, 5) is 11.8. The van der Waals surface area contributed by atoms with Gasteiger partial charge in [0, 0.05) is 10.4 Å². The second-order valence-electron chi connectivity index (χ2n) is 4.41. The van der Waals surface area contributed by atoms with E-state index in [1.54, 1.807) is 0 Å². The Bertz CT molecular complexity index is 370. The zero-order chi connectivity index (χ0) is 11.5. The Morgan fingerprint density at radius 2 is 2.00 bits per heavy atom. The van der Waals surface area contributed by atoms with Crippen LogP contribution in [0.5, 0.6) is 0 Å². The SMILES string of the molecule is C[C@@H](NC(=O)C1CCC1)c1ccc(Br)cc1. The largest absolute Gasteiger partial charge is 0.349 e. The second kappa shape index (κ2) is 5.00. The van der Waals surface area contributed by atoms with Gasteiger partial charge < -0.3 is 5.32 Å². The van der Waals surface area contributed by atoms with E-state index in [4.69, 9.17) is 0 Å². The molecule has 0 bridgehead atoms. The zero-order valence-corrected chi connectivity index (χ0v) is 11.0. The lowest BCUT2D eigenvalue weighted by atomic mass is 9.84. The van der Waals surface area contributed by atoms with Gasteiger partial charge in [-0.15, -0.1) is 0 Å². The van der Waals surface area contributed by atoms with Gasteiger partial charge in [-0.05, 0) is 37.5 Å². The topological polar surface area (TPSA) is 29.1 Å². The molecule has 1 aromatic rings. The maximum atomic E-state index is 11.8. The van der Waals surface area contributed by atoms with Crippen LogP contribution in [0.25, 0.3) is 0 Å². The quantitative estimate of drug-likeness (QED) is 0.904. The standard InChI is InChI=1S/C13H16BrNO/c1-9(10-5-7-12(14)8-6-10)15-13(16)11-3-2-4-11/h5-9,11H,2-4H2,1H3,(H,15,16)/t9-/m1/s1. The minimum absolute atomic E-state index is 0.0983. The molecule has 1 saturated carbocycles. The van der Waals surface area contributed by atoms with Crippen LogP contribution in [0.1, 0.15) is 37.8 Å². The summed E-state index contributed by atoms with van der Waals surface area (Å²) in [6.45, 7) is 2.03. The van der Waals surface area contributed by atoms with E-state index in [1.807, 2.05) is 31.2 Å². The molecule has 0 saturated heterocycles. The summed E-state index contributed by atoms with van der Waals surface area (Å²) in [5, 5.41) is 3.06. The van der Waals surface area contributed by atoms with Gasteiger partial charge in [-0.1, -0.05) is 34.5 Å². The Balaban J connectivity index is 1.94. The summed E-state index contributed by atoms with van der Waals surface area (Å²) in [6.07, 6.45) is 3.31. The van der Waals surface area contributed by atoms with E-state index >= 15 is 0 Å². The van der Waals surface area contributed by atoms with Crippen LogP contribution in [0, 0.1) is 5.92 Å². The highest BCUT2D eigenvalue weighted by molar-refractivity contribution is 9.10. The van der Waals surface area contributed by atoms with Crippen LogP contribution in [-0.2, 0) is 4.79 Å². The summed E-state index contributed by atoms with van der Waals surface area (Å²) in [5.41, 5.74) is 1.15. The van der Waals surface area contributed by atoms with Gasteiger partial charge in [0.1, 0.15) is 0 Å². The Labute approximate surface area is 105 Å². The molecule has 0 radical (unpaired) electrons. The molecule has 2 nitrogen and oxygen atoms in total. The molecular formula is C13H16BrNO.